The Labute approximate surface area is 59.5 Å². The third-order valence-electron chi connectivity index (χ3n) is 1.80. The Kier molecular flexibility index (Phi) is 2.24. The maximum Gasteiger partial charge on any atom is 0.234 e. The van der Waals surface area contributed by atoms with Gasteiger partial charge in [-0.25, -0.2) is 0 Å². The van der Waals surface area contributed by atoms with Gasteiger partial charge in [-0.3, -0.25) is 4.79 Å². The summed E-state index contributed by atoms with van der Waals surface area (Å²) in [5.74, 6) is -0.298. The van der Waals surface area contributed by atoms with E-state index < -0.39 is 11.9 Å². The summed E-state index contributed by atoms with van der Waals surface area (Å²) in [7, 11) is 0. The maximum absolute atomic E-state index is 10.5. The SMILES string of the molecule is NC(=O)C(N)C1CCOC1. The Hall–Kier alpha value is -0.610. The van der Waals surface area contributed by atoms with E-state index in [-0.39, 0.29) is 5.92 Å². The largest absolute Gasteiger partial charge is 0.381 e. The average Bonchev–Trinajstić information content (AvgIpc) is 2.36. The molecule has 0 aromatic rings. The molecule has 0 aromatic heterocycles. The fraction of sp³-hybridized carbons (Fsp3) is 0.833. The first-order valence-electron chi connectivity index (χ1n) is 3.34. The Morgan fingerprint density at radius 2 is 2.40 bits per heavy atom. The van der Waals surface area contributed by atoms with E-state index in [0.29, 0.717) is 13.2 Å². The summed E-state index contributed by atoms with van der Waals surface area (Å²) in [4.78, 5) is 10.5. The highest BCUT2D eigenvalue weighted by Crippen LogP contribution is 2.14. The number of primary amides is 1. The number of carbonyl (C=O) groups is 1. The Morgan fingerprint density at radius 1 is 1.70 bits per heavy atom. The van der Waals surface area contributed by atoms with Crippen LogP contribution in [0.4, 0.5) is 0 Å². The van der Waals surface area contributed by atoms with Crippen molar-refractivity contribution in [2.45, 2.75) is 12.5 Å². The molecule has 2 atom stereocenters. The van der Waals surface area contributed by atoms with Gasteiger partial charge >= 0.3 is 0 Å². The molecule has 0 aromatic carbocycles. The molecule has 1 aliphatic rings. The third kappa shape index (κ3) is 1.46. The van der Waals surface area contributed by atoms with E-state index in [0.717, 1.165) is 6.42 Å². The van der Waals surface area contributed by atoms with Crippen LogP contribution in [0.5, 0.6) is 0 Å². The van der Waals surface area contributed by atoms with Gasteiger partial charge in [0.05, 0.1) is 12.6 Å². The van der Waals surface area contributed by atoms with Gasteiger partial charge in [0.15, 0.2) is 0 Å². The number of nitrogens with two attached hydrogens (primary N) is 2. The number of hydrogen-bond donors (Lipinski definition) is 2. The zero-order chi connectivity index (χ0) is 7.56. The first kappa shape index (κ1) is 7.50. The molecule has 0 radical (unpaired) electrons. The lowest BCUT2D eigenvalue weighted by Crippen LogP contribution is -2.42. The van der Waals surface area contributed by atoms with Crippen molar-refractivity contribution in [3.05, 3.63) is 0 Å². The van der Waals surface area contributed by atoms with Crippen molar-refractivity contribution in [2.24, 2.45) is 17.4 Å². The average molecular weight is 144 g/mol. The van der Waals surface area contributed by atoms with Gasteiger partial charge in [0, 0.05) is 12.5 Å². The minimum absolute atomic E-state index is 0.137. The first-order chi connectivity index (χ1) is 4.72. The van der Waals surface area contributed by atoms with Crippen LogP contribution >= 0.6 is 0 Å². The molecular weight excluding hydrogens is 132 g/mol. The van der Waals surface area contributed by atoms with Crippen molar-refractivity contribution in [1.82, 2.24) is 0 Å². The molecule has 0 aliphatic carbocycles. The summed E-state index contributed by atoms with van der Waals surface area (Å²) < 4.78 is 5.04. The van der Waals surface area contributed by atoms with Gasteiger partial charge in [0.2, 0.25) is 5.91 Å². The zero-order valence-corrected chi connectivity index (χ0v) is 5.75. The fourth-order valence-electron chi connectivity index (χ4n) is 1.07. The number of carbonyl (C=O) groups excluding carboxylic acids is 1. The minimum atomic E-state index is -0.525. The number of hydrogen-bond acceptors (Lipinski definition) is 3. The van der Waals surface area contributed by atoms with Crippen molar-refractivity contribution >= 4 is 5.91 Å². The van der Waals surface area contributed by atoms with E-state index in [2.05, 4.69) is 0 Å². The van der Waals surface area contributed by atoms with E-state index >= 15 is 0 Å². The van der Waals surface area contributed by atoms with Crippen LogP contribution in [-0.4, -0.2) is 25.2 Å². The zero-order valence-electron chi connectivity index (χ0n) is 5.75. The van der Waals surface area contributed by atoms with E-state index in [4.69, 9.17) is 16.2 Å². The molecule has 1 aliphatic heterocycles. The molecule has 1 fully saturated rings. The van der Waals surface area contributed by atoms with Gasteiger partial charge in [-0.2, -0.15) is 0 Å². The standard InChI is InChI=1S/C6H12N2O2/c7-5(6(8)9)4-1-2-10-3-4/h4-5H,1-3,7H2,(H2,8,9). The van der Waals surface area contributed by atoms with Crippen LogP contribution in [0.15, 0.2) is 0 Å². The van der Waals surface area contributed by atoms with Gasteiger partial charge < -0.3 is 16.2 Å². The van der Waals surface area contributed by atoms with E-state index in [1.54, 1.807) is 0 Å². The summed E-state index contributed by atoms with van der Waals surface area (Å²) in [5, 5.41) is 0. The van der Waals surface area contributed by atoms with Crippen molar-refractivity contribution in [2.75, 3.05) is 13.2 Å². The molecule has 1 amide bonds. The van der Waals surface area contributed by atoms with Crippen LogP contribution in [0.1, 0.15) is 6.42 Å². The molecular formula is C6H12N2O2. The second-order valence-electron chi connectivity index (χ2n) is 2.55. The maximum atomic E-state index is 10.5. The third-order valence-corrected chi connectivity index (χ3v) is 1.80. The van der Waals surface area contributed by atoms with Crippen LogP contribution in [0.2, 0.25) is 0 Å². The monoisotopic (exact) mass is 144 g/mol. The Morgan fingerprint density at radius 3 is 2.80 bits per heavy atom. The molecule has 0 spiro atoms. The second kappa shape index (κ2) is 2.98. The van der Waals surface area contributed by atoms with Gasteiger partial charge in [-0.05, 0) is 6.42 Å². The predicted molar refractivity (Wildman–Crippen MR) is 36.1 cm³/mol. The minimum Gasteiger partial charge on any atom is -0.381 e. The normalized spacial score (nSPS) is 28.3. The van der Waals surface area contributed by atoms with Crippen LogP contribution in [-0.2, 0) is 9.53 Å². The van der Waals surface area contributed by atoms with Crippen molar-refractivity contribution < 1.29 is 9.53 Å². The number of rotatable bonds is 2. The summed E-state index contributed by atoms with van der Waals surface area (Å²) >= 11 is 0. The molecule has 2 unspecified atom stereocenters. The molecule has 0 bridgehead atoms. The molecule has 0 saturated carbocycles. The number of ether oxygens (including phenoxy) is 1. The summed E-state index contributed by atoms with van der Waals surface area (Å²) in [5.41, 5.74) is 10.5. The highest BCUT2D eigenvalue weighted by Gasteiger charge is 2.26. The van der Waals surface area contributed by atoms with Crippen LogP contribution in [0, 0.1) is 5.92 Å². The van der Waals surface area contributed by atoms with Gasteiger partial charge in [0.25, 0.3) is 0 Å². The van der Waals surface area contributed by atoms with Crippen LogP contribution in [0.25, 0.3) is 0 Å². The lowest BCUT2D eigenvalue weighted by Gasteiger charge is -2.12. The quantitative estimate of drug-likeness (QED) is 0.513. The van der Waals surface area contributed by atoms with Crippen molar-refractivity contribution in [1.29, 1.82) is 0 Å². The van der Waals surface area contributed by atoms with Crippen molar-refractivity contribution in [3.8, 4) is 0 Å². The summed E-state index contributed by atoms with van der Waals surface area (Å²) in [6.45, 7) is 1.27. The molecule has 4 heteroatoms. The van der Waals surface area contributed by atoms with Crippen LogP contribution in [0.3, 0.4) is 0 Å². The lowest BCUT2D eigenvalue weighted by atomic mass is 10.00. The fourth-order valence-corrected chi connectivity index (χ4v) is 1.07. The summed E-state index contributed by atoms with van der Waals surface area (Å²) in [6.07, 6.45) is 0.851. The topological polar surface area (TPSA) is 78.3 Å². The van der Waals surface area contributed by atoms with Crippen molar-refractivity contribution in [3.63, 3.8) is 0 Å². The molecule has 58 valence electrons. The van der Waals surface area contributed by atoms with Crippen LogP contribution < -0.4 is 11.5 Å². The number of amides is 1. The Bertz CT molecular complexity index is 132. The molecule has 1 saturated heterocycles. The highest BCUT2D eigenvalue weighted by molar-refractivity contribution is 5.79. The smallest absolute Gasteiger partial charge is 0.234 e. The van der Waals surface area contributed by atoms with E-state index in [1.807, 2.05) is 0 Å². The molecule has 1 heterocycles. The molecule has 4 N–H and O–H groups in total. The van der Waals surface area contributed by atoms with Gasteiger partial charge in [-0.15, -0.1) is 0 Å². The van der Waals surface area contributed by atoms with Gasteiger partial charge in [-0.1, -0.05) is 0 Å². The highest BCUT2D eigenvalue weighted by atomic mass is 16.5. The first-order valence-corrected chi connectivity index (χ1v) is 3.34. The predicted octanol–water partition coefficient (Wildman–Crippen LogP) is -1.16. The molecule has 4 nitrogen and oxygen atoms in total. The summed E-state index contributed by atoms with van der Waals surface area (Å²) in [6, 6.07) is -0.525. The molecule has 10 heavy (non-hydrogen) atoms. The molecule has 1 rings (SSSR count). The second-order valence-corrected chi connectivity index (χ2v) is 2.55. The van der Waals surface area contributed by atoms with E-state index in [1.165, 1.54) is 0 Å². The Balaban J connectivity index is 2.39. The van der Waals surface area contributed by atoms with Gasteiger partial charge in [0.1, 0.15) is 0 Å². The van der Waals surface area contributed by atoms with E-state index in [9.17, 15) is 4.79 Å². The lowest BCUT2D eigenvalue weighted by molar-refractivity contribution is -0.120.